The van der Waals surface area contributed by atoms with Crippen LogP contribution in [0.5, 0.6) is 0 Å². The van der Waals surface area contributed by atoms with Gasteiger partial charge in [-0.2, -0.15) is 0 Å². The second-order valence-corrected chi connectivity index (χ2v) is 5.48. The highest BCUT2D eigenvalue weighted by atomic mass is 16.5. The van der Waals surface area contributed by atoms with Gasteiger partial charge in [-0.3, -0.25) is 4.79 Å². The summed E-state index contributed by atoms with van der Waals surface area (Å²) in [7, 11) is 0. The summed E-state index contributed by atoms with van der Waals surface area (Å²) in [6.45, 7) is 4.06. The molecule has 2 aromatic rings. The molecule has 2 rings (SSSR count). The zero-order chi connectivity index (χ0) is 17.9. The second-order valence-electron chi connectivity index (χ2n) is 5.48. The number of amides is 2. The first-order chi connectivity index (χ1) is 12.2. The van der Waals surface area contributed by atoms with Crippen LogP contribution in [0.3, 0.4) is 0 Å². The molecule has 130 valence electrons. The number of alkyl carbamates (subject to hydrolysis) is 1. The maximum Gasteiger partial charge on any atom is 0.408 e. The van der Waals surface area contributed by atoms with Crippen molar-refractivity contribution >= 4 is 12.0 Å². The molecular formula is C20H22N2O3. The Balaban J connectivity index is 1.95. The highest BCUT2D eigenvalue weighted by Gasteiger charge is 2.21. The van der Waals surface area contributed by atoms with Crippen LogP contribution in [0.25, 0.3) is 0 Å². The van der Waals surface area contributed by atoms with Crippen molar-refractivity contribution in [1.82, 2.24) is 10.6 Å². The number of carbonyl (C=O) groups excluding carboxylic acids is 2. The number of carbonyl (C=O) groups is 2. The summed E-state index contributed by atoms with van der Waals surface area (Å²) in [4.78, 5) is 24.3. The van der Waals surface area contributed by atoms with E-state index in [-0.39, 0.29) is 12.5 Å². The van der Waals surface area contributed by atoms with Gasteiger partial charge in [0.2, 0.25) is 5.91 Å². The summed E-state index contributed by atoms with van der Waals surface area (Å²) < 4.78 is 5.20. The van der Waals surface area contributed by atoms with Gasteiger partial charge in [0.05, 0.1) is 0 Å². The van der Waals surface area contributed by atoms with Gasteiger partial charge in [-0.1, -0.05) is 66.7 Å². The number of nitrogens with one attached hydrogen (secondary N) is 2. The molecule has 0 heterocycles. The van der Waals surface area contributed by atoms with Gasteiger partial charge in [0.15, 0.2) is 0 Å². The fraction of sp³-hybridized carbons (Fsp3) is 0.200. The number of hydrogen-bond acceptors (Lipinski definition) is 3. The Morgan fingerprint density at radius 1 is 1.00 bits per heavy atom. The van der Waals surface area contributed by atoms with E-state index in [0.717, 1.165) is 11.1 Å². The van der Waals surface area contributed by atoms with Crippen LogP contribution in [0.1, 0.15) is 11.1 Å². The van der Waals surface area contributed by atoms with Crippen molar-refractivity contribution < 1.29 is 14.3 Å². The summed E-state index contributed by atoms with van der Waals surface area (Å²) in [5.41, 5.74) is 1.83. The van der Waals surface area contributed by atoms with Gasteiger partial charge in [0, 0.05) is 13.0 Å². The Labute approximate surface area is 147 Å². The van der Waals surface area contributed by atoms with Crippen LogP contribution in [-0.2, 0) is 22.6 Å². The van der Waals surface area contributed by atoms with Gasteiger partial charge in [-0.25, -0.2) is 4.79 Å². The average Bonchev–Trinajstić information content (AvgIpc) is 2.65. The summed E-state index contributed by atoms with van der Waals surface area (Å²) in [5, 5.41) is 5.34. The van der Waals surface area contributed by atoms with E-state index in [1.807, 2.05) is 60.7 Å². The van der Waals surface area contributed by atoms with Crippen molar-refractivity contribution in [3.05, 3.63) is 84.4 Å². The van der Waals surface area contributed by atoms with Crippen LogP contribution in [-0.4, -0.2) is 24.6 Å². The predicted molar refractivity (Wildman–Crippen MR) is 96.9 cm³/mol. The number of benzene rings is 2. The topological polar surface area (TPSA) is 67.4 Å². The molecule has 0 unspecified atom stereocenters. The molecule has 0 spiro atoms. The largest absolute Gasteiger partial charge is 0.445 e. The summed E-state index contributed by atoms with van der Waals surface area (Å²) >= 11 is 0. The van der Waals surface area contributed by atoms with Crippen LogP contribution >= 0.6 is 0 Å². The van der Waals surface area contributed by atoms with E-state index in [0.29, 0.717) is 13.0 Å². The fourth-order valence-electron chi connectivity index (χ4n) is 2.26. The molecule has 0 aromatic heterocycles. The first-order valence-corrected chi connectivity index (χ1v) is 8.09. The molecule has 2 N–H and O–H groups in total. The highest BCUT2D eigenvalue weighted by Crippen LogP contribution is 2.05. The SMILES string of the molecule is C=CCNC(=O)[C@@H](Cc1ccccc1)NC(=O)OCc1ccccc1. The lowest BCUT2D eigenvalue weighted by molar-refractivity contribution is -0.122. The number of hydrogen-bond donors (Lipinski definition) is 2. The van der Waals surface area contributed by atoms with Crippen molar-refractivity contribution in [2.24, 2.45) is 0 Å². The zero-order valence-electron chi connectivity index (χ0n) is 14.0. The lowest BCUT2D eigenvalue weighted by Crippen LogP contribution is -2.48. The molecule has 2 amide bonds. The van der Waals surface area contributed by atoms with Crippen LogP contribution < -0.4 is 10.6 Å². The van der Waals surface area contributed by atoms with Gasteiger partial charge >= 0.3 is 6.09 Å². The fourth-order valence-corrected chi connectivity index (χ4v) is 2.26. The molecule has 0 saturated heterocycles. The quantitative estimate of drug-likeness (QED) is 0.727. The molecule has 1 atom stereocenters. The van der Waals surface area contributed by atoms with Crippen LogP contribution in [0.2, 0.25) is 0 Å². The third kappa shape index (κ3) is 6.51. The zero-order valence-corrected chi connectivity index (χ0v) is 14.0. The third-order valence-electron chi connectivity index (χ3n) is 3.52. The van der Waals surface area contributed by atoms with E-state index in [1.54, 1.807) is 6.08 Å². The third-order valence-corrected chi connectivity index (χ3v) is 3.52. The van der Waals surface area contributed by atoms with E-state index >= 15 is 0 Å². The normalized spacial score (nSPS) is 11.2. The molecule has 25 heavy (non-hydrogen) atoms. The number of ether oxygens (including phenoxy) is 1. The lowest BCUT2D eigenvalue weighted by Gasteiger charge is -2.18. The second kappa shape index (κ2) is 9.93. The molecule has 5 nitrogen and oxygen atoms in total. The van der Waals surface area contributed by atoms with Crippen molar-refractivity contribution in [2.45, 2.75) is 19.1 Å². The Bertz CT molecular complexity index is 687. The Hall–Kier alpha value is -3.08. The van der Waals surface area contributed by atoms with E-state index in [1.165, 1.54) is 0 Å². The van der Waals surface area contributed by atoms with Crippen LogP contribution in [0.4, 0.5) is 4.79 Å². The smallest absolute Gasteiger partial charge is 0.408 e. The minimum Gasteiger partial charge on any atom is -0.445 e. The first-order valence-electron chi connectivity index (χ1n) is 8.09. The number of rotatable bonds is 8. The molecule has 0 saturated carbocycles. The monoisotopic (exact) mass is 338 g/mol. The molecule has 2 aromatic carbocycles. The Kier molecular flexibility index (Phi) is 7.25. The van der Waals surface area contributed by atoms with Gasteiger partial charge in [-0.15, -0.1) is 6.58 Å². The van der Waals surface area contributed by atoms with Gasteiger partial charge in [0.25, 0.3) is 0 Å². The lowest BCUT2D eigenvalue weighted by atomic mass is 10.1. The van der Waals surface area contributed by atoms with Crippen LogP contribution in [0.15, 0.2) is 73.3 Å². The maximum absolute atomic E-state index is 12.3. The highest BCUT2D eigenvalue weighted by molar-refractivity contribution is 5.86. The van der Waals surface area contributed by atoms with Crippen LogP contribution in [0, 0.1) is 0 Å². The molecule has 0 aliphatic heterocycles. The van der Waals surface area contributed by atoms with Crippen molar-refractivity contribution in [3.8, 4) is 0 Å². The minimum atomic E-state index is -0.717. The molecule has 5 heteroatoms. The Morgan fingerprint density at radius 2 is 1.60 bits per heavy atom. The Morgan fingerprint density at radius 3 is 2.20 bits per heavy atom. The summed E-state index contributed by atoms with van der Waals surface area (Å²) in [5.74, 6) is -0.277. The van der Waals surface area contributed by atoms with Gasteiger partial charge < -0.3 is 15.4 Å². The standard InChI is InChI=1S/C20H22N2O3/c1-2-13-21-19(23)18(14-16-9-5-3-6-10-16)22-20(24)25-15-17-11-7-4-8-12-17/h2-12,18H,1,13-15H2,(H,21,23)(H,22,24)/t18-/m1/s1. The van der Waals surface area contributed by atoms with E-state index < -0.39 is 12.1 Å². The van der Waals surface area contributed by atoms with Gasteiger partial charge in [-0.05, 0) is 11.1 Å². The van der Waals surface area contributed by atoms with E-state index in [2.05, 4.69) is 17.2 Å². The summed E-state index contributed by atoms with van der Waals surface area (Å²) in [6.07, 6.45) is 1.34. The van der Waals surface area contributed by atoms with Crippen molar-refractivity contribution in [3.63, 3.8) is 0 Å². The molecule has 0 aliphatic carbocycles. The van der Waals surface area contributed by atoms with Crippen molar-refractivity contribution in [2.75, 3.05) is 6.54 Å². The van der Waals surface area contributed by atoms with Crippen molar-refractivity contribution in [1.29, 1.82) is 0 Å². The molecule has 0 aliphatic rings. The maximum atomic E-state index is 12.3. The first kappa shape index (κ1) is 18.3. The average molecular weight is 338 g/mol. The van der Waals surface area contributed by atoms with E-state index in [9.17, 15) is 9.59 Å². The summed E-state index contributed by atoms with van der Waals surface area (Å²) in [6, 6.07) is 18.2. The predicted octanol–water partition coefficient (Wildman–Crippen LogP) is 2.83. The molecular weight excluding hydrogens is 316 g/mol. The molecule has 0 bridgehead atoms. The van der Waals surface area contributed by atoms with Gasteiger partial charge in [0.1, 0.15) is 12.6 Å². The molecule has 0 radical (unpaired) electrons. The minimum absolute atomic E-state index is 0.152. The molecule has 0 fully saturated rings. The van der Waals surface area contributed by atoms with E-state index in [4.69, 9.17) is 4.74 Å².